The minimum Gasteiger partial charge on any atom is -0.273 e. The van der Waals surface area contributed by atoms with Crippen molar-refractivity contribution >= 4 is 60.2 Å². The lowest BCUT2D eigenvalue weighted by molar-refractivity contribution is -0.131. The first kappa shape index (κ1) is 18.3. The molecule has 2 heterocycles. The first-order valence-electron chi connectivity index (χ1n) is 7.63. The Labute approximate surface area is 158 Å². The lowest BCUT2D eigenvalue weighted by Gasteiger charge is -2.20. The van der Waals surface area contributed by atoms with E-state index in [-0.39, 0.29) is 24.7 Å². The molecule has 8 nitrogen and oxygen atoms in total. The molecule has 0 saturated carbocycles. The second-order valence-corrected chi connectivity index (χ2v) is 7.27. The van der Waals surface area contributed by atoms with Crippen molar-refractivity contribution < 1.29 is 19.2 Å². The van der Waals surface area contributed by atoms with Crippen LogP contribution in [0.4, 0.5) is 0 Å². The third-order valence-corrected chi connectivity index (χ3v) is 5.58. The predicted molar refractivity (Wildman–Crippen MR) is 99.0 cm³/mol. The van der Waals surface area contributed by atoms with Crippen LogP contribution < -0.4 is 0 Å². The van der Waals surface area contributed by atoms with E-state index in [9.17, 15) is 19.2 Å². The van der Waals surface area contributed by atoms with Crippen molar-refractivity contribution in [3.05, 3.63) is 35.4 Å². The summed E-state index contributed by atoms with van der Waals surface area (Å²) in [7, 11) is 0. The van der Waals surface area contributed by atoms with E-state index in [1.54, 1.807) is 0 Å². The predicted octanol–water partition coefficient (Wildman–Crippen LogP) is 1.56. The average Bonchev–Trinajstić information content (AvgIpc) is 2.61. The minimum absolute atomic E-state index is 0.212. The van der Waals surface area contributed by atoms with Gasteiger partial charge < -0.3 is 0 Å². The second-order valence-electron chi connectivity index (χ2n) is 5.38. The highest BCUT2D eigenvalue weighted by atomic mass is 32.2. The van der Waals surface area contributed by atoms with Crippen molar-refractivity contribution in [2.45, 2.75) is 24.3 Å². The number of amides is 4. The van der Waals surface area contributed by atoms with Crippen molar-refractivity contribution in [1.82, 2.24) is 8.61 Å². The van der Waals surface area contributed by atoms with E-state index >= 15 is 0 Å². The summed E-state index contributed by atoms with van der Waals surface area (Å²) in [6.45, 7) is 0. The van der Waals surface area contributed by atoms with Crippen LogP contribution in [0.5, 0.6) is 0 Å². The minimum atomic E-state index is -0.435. The number of hydrogen-bond acceptors (Lipinski definition) is 6. The summed E-state index contributed by atoms with van der Waals surface area (Å²) in [5.41, 5.74) is 2.00. The zero-order valence-corrected chi connectivity index (χ0v) is 15.2. The molecule has 0 unspecified atom stereocenters. The van der Waals surface area contributed by atoms with Crippen LogP contribution in [-0.2, 0) is 30.7 Å². The molecule has 10 heteroatoms. The third-order valence-electron chi connectivity index (χ3n) is 3.55. The summed E-state index contributed by atoms with van der Waals surface area (Å²) in [5.74, 6) is -0.417. The van der Waals surface area contributed by atoms with Crippen LogP contribution in [0.2, 0.25) is 0 Å². The van der Waals surface area contributed by atoms with Crippen LogP contribution in [0.3, 0.4) is 0 Å². The molecule has 3 rings (SSSR count). The lowest BCUT2D eigenvalue weighted by Crippen LogP contribution is -2.29. The van der Waals surface area contributed by atoms with Crippen molar-refractivity contribution in [2.24, 2.45) is 9.98 Å². The van der Waals surface area contributed by atoms with E-state index < -0.39 is 11.8 Å². The zero-order chi connectivity index (χ0) is 18.5. The molecular weight excluding hydrogens is 376 g/mol. The molecule has 0 fully saturated rings. The highest BCUT2D eigenvalue weighted by Gasteiger charge is 2.23. The molecule has 0 aliphatic carbocycles. The van der Waals surface area contributed by atoms with Crippen LogP contribution in [0.1, 0.15) is 24.0 Å². The number of carbonyl (C=O) groups is 4. The largest absolute Gasteiger partial charge is 0.273 e. The molecule has 0 N–H and O–H groups in total. The number of hydrogen-bond donors (Lipinski definition) is 0. The molecule has 1 aromatic rings. The Bertz CT molecular complexity index is 757. The summed E-state index contributed by atoms with van der Waals surface area (Å²) in [6, 6.07) is 7.67. The van der Waals surface area contributed by atoms with Gasteiger partial charge in [0.1, 0.15) is 25.5 Å². The Morgan fingerprint density at radius 2 is 1.19 bits per heavy atom. The maximum atomic E-state index is 11.8. The standard InChI is InChI=1S/C16H14N4O4S2/c21-13-5-15(23)19(9-17-13)25-7-11-3-1-2-4-12(11)8-26-20-10-18-14(22)6-16(20)24/h1-4,9-10H,5-8H2. The highest BCUT2D eigenvalue weighted by molar-refractivity contribution is 7.97. The number of aliphatic imine (C=N–C) groups is 2. The Balaban J connectivity index is 1.61. The summed E-state index contributed by atoms with van der Waals surface area (Å²) in [4.78, 5) is 53.1. The zero-order valence-electron chi connectivity index (χ0n) is 13.5. The molecule has 0 bridgehead atoms. The molecule has 0 saturated heterocycles. The number of carbonyl (C=O) groups excluding carboxylic acids is 4. The molecule has 0 atom stereocenters. The summed E-state index contributed by atoms with van der Waals surface area (Å²) in [6.07, 6.45) is 2.07. The van der Waals surface area contributed by atoms with E-state index in [1.165, 1.54) is 45.2 Å². The Hall–Kier alpha value is -2.46. The third kappa shape index (κ3) is 4.58. The van der Waals surface area contributed by atoms with Crippen molar-refractivity contribution in [3.63, 3.8) is 0 Å². The topological polar surface area (TPSA) is 99.5 Å². The van der Waals surface area contributed by atoms with Crippen LogP contribution in [0, 0.1) is 0 Å². The fourth-order valence-corrected chi connectivity index (χ4v) is 3.96. The van der Waals surface area contributed by atoms with E-state index in [1.807, 2.05) is 24.3 Å². The Morgan fingerprint density at radius 3 is 1.58 bits per heavy atom. The molecule has 1 aromatic carbocycles. The molecule has 26 heavy (non-hydrogen) atoms. The van der Waals surface area contributed by atoms with Gasteiger partial charge in [-0.1, -0.05) is 24.3 Å². The second kappa shape index (κ2) is 8.28. The van der Waals surface area contributed by atoms with Crippen molar-refractivity contribution in [3.8, 4) is 0 Å². The molecule has 134 valence electrons. The van der Waals surface area contributed by atoms with Gasteiger partial charge in [0.15, 0.2) is 0 Å². The summed E-state index contributed by atoms with van der Waals surface area (Å²) >= 11 is 2.52. The smallest absolute Gasteiger partial charge is 0.256 e. The van der Waals surface area contributed by atoms with Crippen LogP contribution >= 0.6 is 23.9 Å². The molecule has 0 radical (unpaired) electrons. The van der Waals surface area contributed by atoms with Crippen LogP contribution in [0.15, 0.2) is 34.3 Å². The Morgan fingerprint density at radius 1 is 0.769 bits per heavy atom. The van der Waals surface area contributed by atoms with Gasteiger partial charge in [0.05, 0.1) is 0 Å². The van der Waals surface area contributed by atoms with Crippen molar-refractivity contribution in [1.29, 1.82) is 0 Å². The van der Waals surface area contributed by atoms with E-state index in [0.717, 1.165) is 11.1 Å². The molecule has 2 aliphatic heterocycles. The molecule has 0 spiro atoms. The van der Waals surface area contributed by atoms with Crippen LogP contribution in [-0.4, -0.2) is 44.9 Å². The maximum absolute atomic E-state index is 11.8. The Kier molecular flexibility index (Phi) is 5.84. The normalized spacial score (nSPS) is 17.4. The van der Waals surface area contributed by atoms with E-state index in [4.69, 9.17) is 0 Å². The van der Waals surface area contributed by atoms with Gasteiger partial charge in [-0.2, -0.15) is 0 Å². The molecule has 2 aliphatic rings. The lowest BCUT2D eigenvalue weighted by atomic mass is 10.1. The first-order valence-corrected chi connectivity index (χ1v) is 9.52. The maximum Gasteiger partial charge on any atom is 0.256 e. The van der Waals surface area contributed by atoms with E-state index in [0.29, 0.717) is 11.5 Å². The first-order chi connectivity index (χ1) is 12.5. The molecule has 0 aromatic heterocycles. The molecule has 4 amide bonds. The van der Waals surface area contributed by atoms with Gasteiger partial charge in [-0.05, 0) is 35.0 Å². The number of nitrogens with zero attached hydrogens (tertiary/aromatic N) is 4. The number of rotatable bonds is 6. The van der Waals surface area contributed by atoms with E-state index in [2.05, 4.69) is 9.98 Å². The van der Waals surface area contributed by atoms with Gasteiger partial charge in [-0.25, -0.2) is 18.6 Å². The van der Waals surface area contributed by atoms with Gasteiger partial charge in [-0.3, -0.25) is 19.2 Å². The fourth-order valence-electron chi connectivity index (χ4n) is 2.20. The molecular formula is C16H14N4O4S2. The monoisotopic (exact) mass is 390 g/mol. The number of benzene rings is 1. The quantitative estimate of drug-likeness (QED) is 0.540. The highest BCUT2D eigenvalue weighted by Crippen LogP contribution is 2.25. The SMILES string of the molecule is O=C1CC(=O)N(SCc2ccccc2CSN2C=NC(=O)CC2=O)C=N1. The van der Waals surface area contributed by atoms with Gasteiger partial charge in [0.2, 0.25) is 11.8 Å². The van der Waals surface area contributed by atoms with Gasteiger partial charge in [0, 0.05) is 11.5 Å². The van der Waals surface area contributed by atoms with Gasteiger partial charge in [0.25, 0.3) is 11.8 Å². The van der Waals surface area contributed by atoms with Crippen LogP contribution in [0.25, 0.3) is 0 Å². The fraction of sp³-hybridized carbons (Fsp3) is 0.250. The average molecular weight is 390 g/mol. The van der Waals surface area contributed by atoms with Gasteiger partial charge >= 0.3 is 0 Å². The summed E-state index contributed by atoms with van der Waals surface area (Å²) in [5, 5.41) is 0. The summed E-state index contributed by atoms with van der Waals surface area (Å²) < 4.78 is 2.72. The van der Waals surface area contributed by atoms with Crippen molar-refractivity contribution in [2.75, 3.05) is 0 Å². The van der Waals surface area contributed by atoms with Gasteiger partial charge in [-0.15, -0.1) is 0 Å².